The molecule has 1 amide bonds. The Balaban J connectivity index is 1.55. The van der Waals surface area contributed by atoms with Crippen LogP contribution in [0.2, 0.25) is 5.02 Å². The Bertz CT molecular complexity index is 960. The summed E-state index contributed by atoms with van der Waals surface area (Å²) in [5.74, 6) is -0.847. The molecule has 0 saturated heterocycles. The van der Waals surface area contributed by atoms with Crippen LogP contribution in [-0.4, -0.2) is 37.9 Å². The van der Waals surface area contributed by atoms with E-state index in [1.807, 2.05) is 6.92 Å². The minimum atomic E-state index is -0.681. The minimum Gasteiger partial charge on any atom is -0.462 e. The molecule has 0 aliphatic carbocycles. The first-order chi connectivity index (χ1) is 14.5. The highest BCUT2D eigenvalue weighted by molar-refractivity contribution is 6.33. The van der Waals surface area contributed by atoms with Gasteiger partial charge in [0.2, 0.25) is 6.79 Å². The monoisotopic (exact) mass is 433 g/mol. The van der Waals surface area contributed by atoms with Crippen molar-refractivity contribution in [1.82, 2.24) is 0 Å². The summed E-state index contributed by atoms with van der Waals surface area (Å²) in [6.07, 6.45) is 1.64. The quantitative estimate of drug-likeness (QED) is 0.499. The van der Waals surface area contributed by atoms with Gasteiger partial charge >= 0.3 is 11.9 Å². The average Bonchev–Trinajstić information content (AvgIpc) is 3.21. The first-order valence-electron chi connectivity index (χ1n) is 9.31. The first kappa shape index (κ1) is 21.4. The highest BCUT2D eigenvalue weighted by Gasteiger charge is 2.18. The van der Waals surface area contributed by atoms with E-state index in [9.17, 15) is 14.4 Å². The van der Waals surface area contributed by atoms with Crippen LogP contribution in [0.3, 0.4) is 0 Å². The molecule has 1 aliphatic rings. The van der Waals surface area contributed by atoms with Crippen molar-refractivity contribution < 1.29 is 33.3 Å². The van der Waals surface area contributed by atoms with Gasteiger partial charge in [-0.15, -0.1) is 0 Å². The zero-order valence-electron chi connectivity index (χ0n) is 16.2. The lowest BCUT2D eigenvalue weighted by Gasteiger charge is -2.10. The molecule has 1 heterocycles. The fourth-order valence-corrected chi connectivity index (χ4v) is 2.78. The molecule has 0 unspecified atom stereocenters. The molecule has 0 saturated carbocycles. The van der Waals surface area contributed by atoms with Crippen molar-refractivity contribution in [3.8, 4) is 11.5 Å². The van der Waals surface area contributed by atoms with Gasteiger partial charge in [0.25, 0.3) is 5.91 Å². The van der Waals surface area contributed by atoms with Crippen LogP contribution in [0, 0.1) is 0 Å². The summed E-state index contributed by atoms with van der Waals surface area (Å²) in [5, 5.41) is 2.76. The summed E-state index contributed by atoms with van der Waals surface area (Å²) >= 11 is 6.05. The van der Waals surface area contributed by atoms with Crippen LogP contribution in [0.4, 0.5) is 5.69 Å². The van der Waals surface area contributed by atoms with Gasteiger partial charge in [-0.05, 0) is 42.8 Å². The van der Waals surface area contributed by atoms with E-state index in [0.717, 1.165) is 12.8 Å². The van der Waals surface area contributed by atoms with Crippen molar-refractivity contribution in [3.63, 3.8) is 0 Å². The Labute approximate surface area is 178 Å². The van der Waals surface area contributed by atoms with Crippen molar-refractivity contribution in [1.29, 1.82) is 0 Å². The minimum absolute atomic E-state index is 0.0888. The molecule has 0 fully saturated rings. The maximum atomic E-state index is 12.1. The zero-order chi connectivity index (χ0) is 21.5. The number of hydrogen-bond acceptors (Lipinski definition) is 7. The van der Waals surface area contributed by atoms with E-state index in [-0.39, 0.29) is 29.5 Å². The number of fused-ring (bicyclic) bond motifs is 1. The third kappa shape index (κ3) is 5.42. The van der Waals surface area contributed by atoms with Crippen molar-refractivity contribution in [2.75, 3.05) is 25.3 Å². The van der Waals surface area contributed by atoms with Crippen molar-refractivity contribution in [2.45, 2.75) is 19.8 Å². The van der Waals surface area contributed by atoms with Gasteiger partial charge in [0.15, 0.2) is 18.1 Å². The van der Waals surface area contributed by atoms with Crippen LogP contribution in [0.25, 0.3) is 0 Å². The predicted molar refractivity (Wildman–Crippen MR) is 108 cm³/mol. The standard InChI is InChI=1S/C21H20ClNO7/c1-2-3-8-27-21(26)15-10-14(5-6-16(15)22)23-19(24)11-28-20(25)13-4-7-17-18(9-13)30-12-29-17/h4-7,9-10H,2-3,8,11-12H2,1H3,(H,23,24). The number of rotatable bonds is 8. The molecular formula is C21H20ClNO7. The number of amides is 1. The Morgan fingerprint density at radius 3 is 2.63 bits per heavy atom. The lowest BCUT2D eigenvalue weighted by molar-refractivity contribution is -0.119. The molecule has 30 heavy (non-hydrogen) atoms. The van der Waals surface area contributed by atoms with Gasteiger partial charge in [-0.1, -0.05) is 24.9 Å². The maximum absolute atomic E-state index is 12.1. The molecule has 9 heteroatoms. The number of esters is 2. The number of anilines is 1. The van der Waals surface area contributed by atoms with Crippen LogP contribution in [-0.2, 0) is 14.3 Å². The number of benzene rings is 2. The molecule has 0 atom stereocenters. The Morgan fingerprint density at radius 2 is 1.83 bits per heavy atom. The van der Waals surface area contributed by atoms with Crippen LogP contribution in [0.15, 0.2) is 36.4 Å². The second kappa shape index (κ2) is 9.98. The highest BCUT2D eigenvalue weighted by Crippen LogP contribution is 2.32. The van der Waals surface area contributed by atoms with E-state index in [0.29, 0.717) is 17.2 Å². The summed E-state index contributed by atoms with van der Waals surface area (Å²) in [6.45, 7) is 1.85. The van der Waals surface area contributed by atoms with Gasteiger partial charge in [0.05, 0.1) is 22.8 Å². The van der Waals surface area contributed by atoms with Crippen molar-refractivity contribution in [3.05, 3.63) is 52.5 Å². The molecule has 0 spiro atoms. The normalized spacial score (nSPS) is 11.7. The molecule has 0 bridgehead atoms. The van der Waals surface area contributed by atoms with Crippen LogP contribution >= 0.6 is 11.6 Å². The second-order valence-electron chi connectivity index (χ2n) is 6.38. The number of carbonyl (C=O) groups is 3. The van der Waals surface area contributed by atoms with Gasteiger partial charge in [-0.25, -0.2) is 9.59 Å². The van der Waals surface area contributed by atoms with Gasteiger partial charge in [0, 0.05) is 5.69 Å². The first-order valence-corrected chi connectivity index (χ1v) is 9.69. The second-order valence-corrected chi connectivity index (χ2v) is 6.78. The van der Waals surface area contributed by atoms with Crippen molar-refractivity contribution in [2.24, 2.45) is 0 Å². The number of hydrogen-bond donors (Lipinski definition) is 1. The fourth-order valence-electron chi connectivity index (χ4n) is 2.58. The summed E-state index contributed by atoms with van der Waals surface area (Å²) < 4.78 is 20.6. The van der Waals surface area contributed by atoms with Gasteiger partial charge in [-0.3, -0.25) is 4.79 Å². The maximum Gasteiger partial charge on any atom is 0.339 e. The van der Waals surface area contributed by atoms with Crippen LogP contribution < -0.4 is 14.8 Å². The fraction of sp³-hybridized carbons (Fsp3) is 0.286. The average molecular weight is 434 g/mol. The number of nitrogens with one attached hydrogen (secondary N) is 1. The zero-order valence-corrected chi connectivity index (χ0v) is 17.0. The van der Waals surface area contributed by atoms with E-state index < -0.39 is 24.5 Å². The van der Waals surface area contributed by atoms with E-state index >= 15 is 0 Å². The summed E-state index contributed by atoms with van der Waals surface area (Å²) in [4.78, 5) is 36.4. The Kier molecular flexibility index (Phi) is 7.13. The smallest absolute Gasteiger partial charge is 0.339 e. The molecule has 2 aromatic rings. The molecule has 158 valence electrons. The van der Waals surface area contributed by atoms with Crippen LogP contribution in [0.5, 0.6) is 11.5 Å². The van der Waals surface area contributed by atoms with E-state index in [1.54, 1.807) is 6.07 Å². The van der Waals surface area contributed by atoms with Gasteiger partial charge in [-0.2, -0.15) is 0 Å². The summed E-state index contributed by atoms with van der Waals surface area (Å²) in [5.41, 5.74) is 0.699. The third-order valence-corrected chi connectivity index (χ3v) is 4.47. The summed E-state index contributed by atoms with van der Waals surface area (Å²) in [6, 6.07) is 9.01. The van der Waals surface area contributed by atoms with Crippen LogP contribution in [0.1, 0.15) is 40.5 Å². The number of ether oxygens (including phenoxy) is 4. The van der Waals surface area contributed by atoms with Gasteiger partial charge < -0.3 is 24.3 Å². The highest BCUT2D eigenvalue weighted by atomic mass is 35.5. The molecule has 1 aliphatic heterocycles. The molecule has 0 aromatic heterocycles. The Morgan fingerprint density at radius 1 is 1.03 bits per heavy atom. The molecule has 3 rings (SSSR count). The lowest BCUT2D eigenvalue weighted by Crippen LogP contribution is -2.21. The van der Waals surface area contributed by atoms with E-state index in [4.69, 9.17) is 30.5 Å². The number of carbonyl (C=O) groups excluding carboxylic acids is 3. The largest absolute Gasteiger partial charge is 0.462 e. The molecular weight excluding hydrogens is 414 g/mol. The molecule has 1 N–H and O–H groups in total. The lowest BCUT2D eigenvalue weighted by atomic mass is 10.2. The summed E-state index contributed by atoms with van der Waals surface area (Å²) in [7, 11) is 0. The molecule has 8 nitrogen and oxygen atoms in total. The SMILES string of the molecule is CCCCOC(=O)c1cc(NC(=O)COC(=O)c2ccc3c(c2)OCO3)ccc1Cl. The Hall–Kier alpha value is -3.26. The number of halogens is 1. The van der Waals surface area contributed by atoms with E-state index in [2.05, 4.69) is 5.32 Å². The topological polar surface area (TPSA) is 100 Å². The van der Waals surface area contributed by atoms with Gasteiger partial charge in [0.1, 0.15) is 0 Å². The number of unbranched alkanes of at least 4 members (excludes halogenated alkanes) is 1. The third-order valence-electron chi connectivity index (χ3n) is 4.14. The molecule has 2 aromatic carbocycles. The predicted octanol–water partition coefficient (Wildman–Crippen LogP) is 3.82. The molecule has 0 radical (unpaired) electrons. The van der Waals surface area contributed by atoms with Crippen molar-refractivity contribution >= 4 is 35.1 Å². The van der Waals surface area contributed by atoms with E-state index in [1.165, 1.54) is 30.3 Å².